The van der Waals surface area contributed by atoms with E-state index in [1.165, 1.54) is 32.5 Å². The fraction of sp³-hybridized carbons (Fsp3) is 0.364. The highest BCUT2D eigenvalue weighted by Crippen LogP contribution is 2.43. The van der Waals surface area contributed by atoms with E-state index in [2.05, 4.69) is 63.6 Å². The third-order valence-electron chi connectivity index (χ3n) is 7.87. The van der Waals surface area contributed by atoms with Gasteiger partial charge < -0.3 is 23.8 Å². The Morgan fingerprint density at radius 2 is 1.44 bits per heavy atom. The van der Waals surface area contributed by atoms with Crippen molar-refractivity contribution in [2.24, 2.45) is 10.9 Å². The first-order chi connectivity index (χ1) is 21.0. The molecule has 3 aromatic rings. The molecular formula is C33H38N4O6. The molecule has 3 aromatic carbocycles. The fourth-order valence-corrected chi connectivity index (χ4v) is 5.81. The standard InChI is InChI=1S/C33H38N4O6/c1-5-43-32(39)27-28(24-20-25(40-2)30(42-4)26(21-24)41-3)34-33(35-31(27)38)37-18-16-36(17-19-37)29(22-12-8-6-9-13-22)23-14-10-7-11-15-23/h6-15,20-21,27-29H,5,16-19H2,1-4H3,(H,34,35,38)/t27-,28+/m1/s1. The average Bonchev–Trinajstić information content (AvgIpc) is 3.05. The minimum absolute atomic E-state index is 0.104. The molecule has 226 valence electrons. The molecule has 0 aromatic heterocycles. The van der Waals surface area contributed by atoms with E-state index >= 15 is 0 Å². The van der Waals surface area contributed by atoms with Gasteiger partial charge in [-0.15, -0.1) is 0 Å². The lowest BCUT2D eigenvalue weighted by molar-refractivity contribution is -0.153. The maximum absolute atomic E-state index is 13.5. The molecule has 10 nitrogen and oxygen atoms in total. The zero-order valence-electron chi connectivity index (χ0n) is 25.0. The lowest BCUT2D eigenvalue weighted by atomic mass is 9.90. The molecule has 0 bridgehead atoms. The molecule has 1 amide bonds. The molecular weight excluding hydrogens is 548 g/mol. The molecule has 43 heavy (non-hydrogen) atoms. The van der Waals surface area contributed by atoms with Crippen LogP contribution < -0.4 is 19.5 Å². The van der Waals surface area contributed by atoms with Gasteiger partial charge in [0.2, 0.25) is 17.6 Å². The molecule has 1 saturated heterocycles. The van der Waals surface area contributed by atoms with Gasteiger partial charge in [-0.05, 0) is 35.7 Å². The minimum Gasteiger partial charge on any atom is -0.493 e. The van der Waals surface area contributed by atoms with Gasteiger partial charge in [-0.3, -0.25) is 19.8 Å². The summed E-state index contributed by atoms with van der Waals surface area (Å²) in [5, 5.41) is 2.89. The van der Waals surface area contributed by atoms with E-state index < -0.39 is 23.8 Å². The summed E-state index contributed by atoms with van der Waals surface area (Å²) in [7, 11) is 4.55. The van der Waals surface area contributed by atoms with E-state index in [0.29, 0.717) is 41.9 Å². The third kappa shape index (κ3) is 6.29. The van der Waals surface area contributed by atoms with E-state index in [4.69, 9.17) is 23.9 Å². The van der Waals surface area contributed by atoms with Crippen molar-refractivity contribution < 1.29 is 28.5 Å². The molecule has 2 aliphatic heterocycles. The van der Waals surface area contributed by atoms with Crippen molar-refractivity contribution in [1.82, 2.24) is 15.1 Å². The quantitative estimate of drug-likeness (QED) is 0.298. The molecule has 10 heteroatoms. The van der Waals surface area contributed by atoms with Gasteiger partial charge >= 0.3 is 5.97 Å². The third-order valence-corrected chi connectivity index (χ3v) is 7.87. The Kier molecular flexibility index (Phi) is 9.46. The molecule has 2 heterocycles. The Bertz CT molecular complexity index is 1380. The Labute approximate surface area is 252 Å². The number of carbonyl (C=O) groups is 2. The predicted octanol–water partition coefficient (Wildman–Crippen LogP) is 3.83. The first-order valence-corrected chi connectivity index (χ1v) is 14.4. The first-order valence-electron chi connectivity index (χ1n) is 14.4. The van der Waals surface area contributed by atoms with Crippen LogP contribution in [0.3, 0.4) is 0 Å². The van der Waals surface area contributed by atoms with E-state index in [-0.39, 0.29) is 12.6 Å². The number of benzene rings is 3. The highest BCUT2D eigenvalue weighted by atomic mass is 16.5. The van der Waals surface area contributed by atoms with Crippen molar-refractivity contribution in [2.45, 2.75) is 19.0 Å². The fourth-order valence-electron chi connectivity index (χ4n) is 5.81. The molecule has 0 unspecified atom stereocenters. The van der Waals surface area contributed by atoms with Gasteiger partial charge in [0.05, 0.1) is 34.0 Å². The number of nitrogens with zero attached hydrogens (tertiary/aromatic N) is 3. The summed E-state index contributed by atoms with van der Waals surface area (Å²) in [6, 6.07) is 23.7. The summed E-state index contributed by atoms with van der Waals surface area (Å²) >= 11 is 0. The second-order valence-electron chi connectivity index (χ2n) is 10.3. The molecule has 0 aliphatic carbocycles. The van der Waals surface area contributed by atoms with Gasteiger partial charge in [-0.1, -0.05) is 60.7 Å². The number of ether oxygens (including phenoxy) is 4. The SMILES string of the molecule is CCOC(=O)[C@H]1C(=O)NC(N2CCN(C(c3ccccc3)c3ccccc3)CC2)=N[C@H]1c1cc(OC)c(OC)c(OC)c1. The largest absolute Gasteiger partial charge is 0.493 e. The number of rotatable bonds is 9. The van der Waals surface area contributed by atoms with E-state index in [1.54, 1.807) is 19.1 Å². The highest BCUT2D eigenvalue weighted by Gasteiger charge is 2.43. The zero-order chi connectivity index (χ0) is 30.3. The van der Waals surface area contributed by atoms with E-state index in [9.17, 15) is 9.59 Å². The van der Waals surface area contributed by atoms with Crippen LogP contribution in [-0.4, -0.2) is 81.8 Å². The Morgan fingerprint density at radius 3 is 1.93 bits per heavy atom. The van der Waals surface area contributed by atoms with Crippen LogP contribution in [0.5, 0.6) is 17.2 Å². The smallest absolute Gasteiger partial charge is 0.321 e. The maximum Gasteiger partial charge on any atom is 0.321 e. The zero-order valence-corrected chi connectivity index (χ0v) is 25.0. The van der Waals surface area contributed by atoms with Gasteiger partial charge in [0.1, 0.15) is 6.04 Å². The van der Waals surface area contributed by atoms with Gasteiger partial charge in [0.25, 0.3) is 0 Å². The molecule has 1 N–H and O–H groups in total. The van der Waals surface area contributed by atoms with Crippen molar-refractivity contribution in [3.63, 3.8) is 0 Å². The summed E-state index contributed by atoms with van der Waals surface area (Å²) in [5.41, 5.74) is 3.03. The van der Waals surface area contributed by atoms with Crippen molar-refractivity contribution in [1.29, 1.82) is 0 Å². The average molecular weight is 587 g/mol. The van der Waals surface area contributed by atoms with Crippen LogP contribution in [0.4, 0.5) is 0 Å². The highest BCUT2D eigenvalue weighted by molar-refractivity contribution is 6.08. The summed E-state index contributed by atoms with van der Waals surface area (Å²) in [6.07, 6.45) is 0. The van der Waals surface area contributed by atoms with Crippen molar-refractivity contribution in [3.05, 3.63) is 89.5 Å². The number of hydrogen-bond acceptors (Lipinski definition) is 9. The molecule has 0 radical (unpaired) electrons. The second-order valence-corrected chi connectivity index (χ2v) is 10.3. The van der Waals surface area contributed by atoms with Crippen LogP contribution in [-0.2, 0) is 14.3 Å². The molecule has 5 rings (SSSR count). The number of piperazine rings is 1. The lowest BCUT2D eigenvalue weighted by Crippen LogP contribution is -2.57. The van der Waals surface area contributed by atoms with Crippen LogP contribution in [0.25, 0.3) is 0 Å². The summed E-state index contributed by atoms with van der Waals surface area (Å²) < 4.78 is 21.9. The number of esters is 1. The number of amides is 1. The van der Waals surface area contributed by atoms with Crippen molar-refractivity contribution >= 4 is 17.8 Å². The number of aliphatic imine (C=N–C) groups is 1. The Balaban J connectivity index is 1.44. The lowest BCUT2D eigenvalue weighted by Gasteiger charge is -2.42. The van der Waals surface area contributed by atoms with Crippen LogP contribution in [0.1, 0.15) is 35.7 Å². The van der Waals surface area contributed by atoms with Gasteiger partial charge in [0, 0.05) is 26.2 Å². The maximum atomic E-state index is 13.5. The van der Waals surface area contributed by atoms with Crippen LogP contribution in [0, 0.1) is 5.92 Å². The van der Waals surface area contributed by atoms with Gasteiger partial charge in [-0.2, -0.15) is 0 Å². The topological polar surface area (TPSA) is 102 Å². The summed E-state index contributed by atoms with van der Waals surface area (Å²) in [4.78, 5) is 36.0. The molecule has 1 fully saturated rings. The van der Waals surface area contributed by atoms with Gasteiger partial charge in [-0.25, -0.2) is 4.99 Å². The molecule has 0 spiro atoms. The van der Waals surface area contributed by atoms with Crippen molar-refractivity contribution in [3.8, 4) is 17.2 Å². The van der Waals surface area contributed by atoms with E-state index in [0.717, 1.165) is 13.1 Å². The Hall–Kier alpha value is -4.57. The summed E-state index contributed by atoms with van der Waals surface area (Å²) in [6.45, 7) is 4.63. The summed E-state index contributed by atoms with van der Waals surface area (Å²) in [5.74, 6) is -0.620. The monoisotopic (exact) mass is 586 g/mol. The number of methoxy groups -OCH3 is 3. The normalized spacial score (nSPS) is 19.0. The molecule has 2 aliphatic rings. The van der Waals surface area contributed by atoms with Gasteiger partial charge in [0.15, 0.2) is 17.4 Å². The minimum atomic E-state index is -1.17. The predicted molar refractivity (Wildman–Crippen MR) is 162 cm³/mol. The number of carbonyl (C=O) groups excluding carboxylic acids is 2. The number of nitrogens with one attached hydrogen (secondary N) is 1. The first kappa shape index (κ1) is 29.9. The van der Waals surface area contributed by atoms with Crippen LogP contribution in [0.2, 0.25) is 0 Å². The Morgan fingerprint density at radius 1 is 0.884 bits per heavy atom. The molecule has 0 saturated carbocycles. The molecule has 2 atom stereocenters. The van der Waals surface area contributed by atoms with Crippen molar-refractivity contribution in [2.75, 3.05) is 54.1 Å². The van der Waals surface area contributed by atoms with E-state index in [1.807, 2.05) is 12.1 Å². The number of hydrogen-bond donors (Lipinski definition) is 1. The second kappa shape index (κ2) is 13.6. The van der Waals surface area contributed by atoms with Crippen LogP contribution >= 0.6 is 0 Å². The number of guanidine groups is 1. The van der Waals surface area contributed by atoms with Crippen LogP contribution in [0.15, 0.2) is 77.8 Å².